The lowest BCUT2D eigenvalue weighted by atomic mass is 10.0. The highest BCUT2D eigenvalue weighted by molar-refractivity contribution is 4.84. The van der Waals surface area contributed by atoms with E-state index < -0.39 is 0 Å². The van der Waals surface area contributed by atoms with Crippen LogP contribution in [0.25, 0.3) is 0 Å². The van der Waals surface area contributed by atoms with Crippen LogP contribution in [0.15, 0.2) is 0 Å². The second-order valence-electron chi connectivity index (χ2n) is 4.90. The number of piperazine rings is 1. The van der Waals surface area contributed by atoms with Crippen LogP contribution in [-0.4, -0.2) is 50.8 Å². The molecule has 1 heterocycles. The Labute approximate surface area is 93.2 Å². The summed E-state index contributed by atoms with van der Waals surface area (Å²) in [7, 11) is 1.81. The van der Waals surface area contributed by atoms with Gasteiger partial charge in [0.15, 0.2) is 0 Å². The van der Waals surface area contributed by atoms with E-state index in [1.807, 2.05) is 7.11 Å². The van der Waals surface area contributed by atoms with Gasteiger partial charge in [0.25, 0.3) is 0 Å². The molecule has 3 heteroatoms. The van der Waals surface area contributed by atoms with Crippen LogP contribution in [0.5, 0.6) is 0 Å². The highest BCUT2D eigenvalue weighted by Crippen LogP contribution is 2.31. The molecule has 88 valence electrons. The Morgan fingerprint density at radius 3 is 2.80 bits per heavy atom. The topological polar surface area (TPSA) is 24.5 Å². The Bertz CT molecular complexity index is 180. The zero-order chi connectivity index (χ0) is 10.5. The minimum Gasteiger partial charge on any atom is -0.385 e. The monoisotopic (exact) mass is 212 g/mol. The van der Waals surface area contributed by atoms with Crippen molar-refractivity contribution in [2.24, 2.45) is 5.92 Å². The summed E-state index contributed by atoms with van der Waals surface area (Å²) in [5, 5.41) is 3.42. The van der Waals surface area contributed by atoms with E-state index in [0.717, 1.165) is 18.6 Å². The average Bonchev–Trinajstić information content (AvgIpc) is 2.76. The van der Waals surface area contributed by atoms with Gasteiger partial charge in [-0.15, -0.1) is 0 Å². The standard InChI is InChI=1S/C12H24N2O/c1-15-9-4-11-2-3-12(10-11)14-7-5-13-6-8-14/h11-13H,2-10H2,1H3. The van der Waals surface area contributed by atoms with Gasteiger partial charge in [-0.1, -0.05) is 0 Å². The molecule has 1 aliphatic carbocycles. The number of nitrogens with zero attached hydrogens (tertiary/aromatic N) is 1. The molecule has 1 aliphatic heterocycles. The van der Waals surface area contributed by atoms with E-state index in [2.05, 4.69) is 10.2 Å². The maximum atomic E-state index is 5.16. The van der Waals surface area contributed by atoms with Crippen molar-refractivity contribution in [3.05, 3.63) is 0 Å². The van der Waals surface area contributed by atoms with Crippen LogP contribution in [0.2, 0.25) is 0 Å². The number of rotatable bonds is 4. The molecule has 0 aromatic rings. The second-order valence-corrected chi connectivity index (χ2v) is 4.90. The van der Waals surface area contributed by atoms with Crippen molar-refractivity contribution in [3.8, 4) is 0 Å². The first-order valence-corrected chi connectivity index (χ1v) is 6.34. The summed E-state index contributed by atoms with van der Waals surface area (Å²) in [6.07, 6.45) is 5.49. The Morgan fingerprint density at radius 2 is 2.07 bits per heavy atom. The highest BCUT2D eigenvalue weighted by Gasteiger charge is 2.29. The highest BCUT2D eigenvalue weighted by atomic mass is 16.5. The molecule has 3 nitrogen and oxygen atoms in total. The summed E-state index contributed by atoms with van der Waals surface area (Å²) in [6.45, 7) is 5.81. The smallest absolute Gasteiger partial charge is 0.0464 e. The van der Waals surface area contributed by atoms with Gasteiger partial charge in [0.2, 0.25) is 0 Å². The maximum absolute atomic E-state index is 5.16. The molecule has 0 bridgehead atoms. The van der Waals surface area contributed by atoms with Crippen LogP contribution in [-0.2, 0) is 4.74 Å². The molecule has 0 radical (unpaired) electrons. The number of nitrogens with one attached hydrogen (secondary N) is 1. The number of ether oxygens (including phenoxy) is 1. The first-order valence-electron chi connectivity index (χ1n) is 6.34. The van der Waals surface area contributed by atoms with Gasteiger partial charge in [-0.3, -0.25) is 4.90 Å². The van der Waals surface area contributed by atoms with E-state index in [1.54, 1.807) is 0 Å². The third kappa shape index (κ3) is 3.16. The van der Waals surface area contributed by atoms with Gasteiger partial charge in [-0.25, -0.2) is 0 Å². The first-order chi connectivity index (χ1) is 7.40. The van der Waals surface area contributed by atoms with E-state index in [-0.39, 0.29) is 0 Å². The zero-order valence-corrected chi connectivity index (χ0v) is 9.87. The summed E-state index contributed by atoms with van der Waals surface area (Å²) < 4.78 is 5.16. The van der Waals surface area contributed by atoms with Crippen LogP contribution in [0.4, 0.5) is 0 Å². The summed E-state index contributed by atoms with van der Waals surface area (Å²) in [5.74, 6) is 0.921. The molecule has 0 amide bonds. The van der Waals surface area contributed by atoms with E-state index in [9.17, 15) is 0 Å². The average molecular weight is 212 g/mol. The van der Waals surface area contributed by atoms with E-state index in [4.69, 9.17) is 4.74 Å². The molecule has 2 rings (SSSR count). The molecule has 15 heavy (non-hydrogen) atoms. The van der Waals surface area contributed by atoms with Crippen LogP contribution < -0.4 is 5.32 Å². The third-order valence-corrected chi connectivity index (χ3v) is 3.91. The van der Waals surface area contributed by atoms with Crippen LogP contribution in [0.3, 0.4) is 0 Å². The largest absolute Gasteiger partial charge is 0.385 e. The lowest BCUT2D eigenvalue weighted by Gasteiger charge is -2.32. The first kappa shape index (κ1) is 11.4. The molecule has 0 aromatic carbocycles. The van der Waals surface area contributed by atoms with Crippen molar-refractivity contribution in [1.29, 1.82) is 0 Å². The fraction of sp³-hybridized carbons (Fsp3) is 1.00. The minimum absolute atomic E-state index is 0.869. The Hall–Kier alpha value is -0.120. The number of methoxy groups -OCH3 is 1. The molecule has 2 fully saturated rings. The van der Waals surface area contributed by atoms with Crippen LogP contribution >= 0.6 is 0 Å². The van der Waals surface area contributed by atoms with Crippen molar-refractivity contribution in [1.82, 2.24) is 10.2 Å². The molecular weight excluding hydrogens is 188 g/mol. The molecule has 0 aromatic heterocycles. The maximum Gasteiger partial charge on any atom is 0.0464 e. The van der Waals surface area contributed by atoms with Crippen LogP contribution in [0, 0.1) is 5.92 Å². The van der Waals surface area contributed by atoms with E-state index in [1.165, 1.54) is 51.9 Å². The minimum atomic E-state index is 0.869. The fourth-order valence-corrected chi connectivity index (χ4v) is 2.97. The quantitative estimate of drug-likeness (QED) is 0.755. The summed E-state index contributed by atoms with van der Waals surface area (Å²) >= 11 is 0. The molecular formula is C12H24N2O. The molecule has 1 saturated heterocycles. The van der Waals surface area contributed by atoms with Crippen molar-refractivity contribution in [2.75, 3.05) is 39.9 Å². The van der Waals surface area contributed by atoms with Gasteiger partial charge < -0.3 is 10.1 Å². The van der Waals surface area contributed by atoms with Gasteiger partial charge >= 0.3 is 0 Å². The normalized spacial score (nSPS) is 33.4. The van der Waals surface area contributed by atoms with Gasteiger partial charge in [0, 0.05) is 45.9 Å². The van der Waals surface area contributed by atoms with E-state index in [0.29, 0.717) is 0 Å². The van der Waals surface area contributed by atoms with Gasteiger partial charge in [-0.05, 0) is 31.6 Å². The Balaban J connectivity index is 1.71. The Morgan fingerprint density at radius 1 is 1.27 bits per heavy atom. The lowest BCUT2D eigenvalue weighted by molar-refractivity contribution is 0.159. The lowest BCUT2D eigenvalue weighted by Crippen LogP contribution is -2.47. The van der Waals surface area contributed by atoms with Crippen molar-refractivity contribution in [2.45, 2.75) is 31.7 Å². The predicted octanol–water partition coefficient (Wildman–Crippen LogP) is 1.10. The molecule has 2 unspecified atom stereocenters. The Kier molecular flexibility index (Phi) is 4.42. The van der Waals surface area contributed by atoms with E-state index >= 15 is 0 Å². The number of hydrogen-bond acceptors (Lipinski definition) is 3. The third-order valence-electron chi connectivity index (χ3n) is 3.91. The second kappa shape index (κ2) is 5.83. The molecule has 2 aliphatic rings. The number of hydrogen-bond donors (Lipinski definition) is 1. The van der Waals surface area contributed by atoms with Crippen molar-refractivity contribution in [3.63, 3.8) is 0 Å². The molecule has 1 saturated carbocycles. The molecule has 2 atom stereocenters. The van der Waals surface area contributed by atoms with Gasteiger partial charge in [0.05, 0.1) is 0 Å². The SMILES string of the molecule is COCCC1CCC(N2CCNCC2)C1. The van der Waals surface area contributed by atoms with Gasteiger partial charge in [-0.2, -0.15) is 0 Å². The zero-order valence-electron chi connectivity index (χ0n) is 9.87. The summed E-state index contributed by atoms with van der Waals surface area (Å²) in [6, 6.07) is 0.869. The fourth-order valence-electron chi connectivity index (χ4n) is 2.97. The molecule has 0 spiro atoms. The summed E-state index contributed by atoms with van der Waals surface area (Å²) in [5.41, 5.74) is 0. The predicted molar refractivity (Wildman–Crippen MR) is 62.1 cm³/mol. The molecule has 1 N–H and O–H groups in total. The van der Waals surface area contributed by atoms with Crippen molar-refractivity contribution < 1.29 is 4.74 Å². The van der Waals surface area contributed by atoms with Crippen LogP contribution in [0.1, 0.15) is 25.7 Å². The van der Waals surface area contributed by atoms with Gasteiger partial charge in [0.1, 0.15) is 0 Å². The van der Waals surface area contributed by atoms with Crippen molar-refractivity contribution >= 4 is 0 Å². The summed E-state index contributed by atoms with van der Waals surface area (Å²) in [4.78, 5) is 2.68.